The van der Waals surface area contributed by atoms with E-state index in [1.165, 1.54) is 12.4 Å². The number of rotatable bonds is 8. The van der Waals surface area contributed by atoms with Gasteiger partial charge in [-0.15, -0.1) is 0 Å². The topological polar surface area (TPSA) is 62.3 Å². The summed E-state index contributed by atoms with van der Waals surface area (Å²) < 4.78 is 0. The molecule has 1 heterocycles. The summed E-state index contributed by atoms with van der Waals surface area (Å²) in [4.78, 5) is 29.9. The molecule has 0 spiro atoms. The lowest BCUT2D eigenvalue weighted by Gasteiger charge is -2.16. The molecule has 0 unspecified atom stereocenters. The molecular formula is C16H25N3O2. The molecule has 0 saturated heterocycles. The van der Waals surface area contributed by atoms with E-state index in [0.29, 0.717) is 24.2 Å². The Balaban J connectivity index is 2.71. The van der Waals surface area contributed by atoms with E-state index >= 15 is 0 Å². The maximum atomic E-state index is 12.2. The Morgan fingerprint density at radius 3 is 2.48 bits per heavy atom. The van der Waals surface area contributed by atoms with Gasteiger partial charge in [-0.3, -0.25) is 14.6 Å². The minimum absolute atomic E-state index is 0.0980. The van der Waals surface area contributed by atoms with Gasteiger partial charge in [0.05, 0.1) is 11.1 Å². The van der Waals surface area contributed by atoms with E-state index < -0.39 is 0 Å². The molecule has 0 radical (unpaired) electrons. The van der Waals surface area contributed by atoms with Crippen molar-refractivity contribution >= 4 is 11.8 Å². The molecule has 1 aromatic rings. The maximum Gasteiger partial charge on any atom is 0.255 e. The number of carbonyl (C=O) groups excluding carboxylic acids is 2. The molecule has 2 amide bonds. The Morgan fingerprint density at radius 2 is 1.81 bits per heavy atom. The van der Waals surface area contributed by atoms with Crippen molar-refractivity contribution in [1.29, 1.82) is 0 Å². The molecule has 0 aliphatic rings. The van der Waals surface area contributed by atoms with Crippen LogP contribution in [-0.4, -0.2) is 41.8 Å². The minimum Gasteiger partial charge on any atom is -0.352 e. The number of nitrogens with one attached hydrogen (secondary N) is 1. The van der Waals surface area contributed by atoms with Gasteiger partial charge in [0, 0.05) is 32.5 Å². The quantitative estimate of drug-likeness (QED) is 0.748. The van der Waals surface area contributed by atoms with Gasteiger partial charge in [-0.1, -0.05) is 26.7 Å². The second kappa shape index (κ2) is 9.10. The van der Waals surface area contributed by atoms with Crippen LogP contribution in [0.2, 0.25) is 0 Å². The van der Waals surface area contributed by atoms with Gasteiger partial charge in [-0.2, -0.15) is 0 Å². The highest BCUT2D eigenvalue weighted by atomic mass is 16.2. The summed E-state index contributed by atoms with van der Waals surface area (Å²) in [6.45, 7) is 5.51. The van der Waals surface area contributed by atoms with E-state index in [9.17, 15) is 9.59 Å². The first-order valence-corrected chi connectivity index (χ1v) is 7.58. The number of carbonyl (C=O) groups is 2. The van der Waals surface area contributed by atoms with Gasteiger partial charge in [-0.05, 0) is 18.9 Å². The van der Waals surface area contributed by atoms with Crippen molar-refractivity contribution in [1.82, 2.24) is 15.2 Å². The summed E-state index contributed by atoms with van der Waals surface area (Å²) in [5.74, 6) is -0.277. The van der Waals surface area contributed by atoms with E-state index in [-0.39, 0.29) is 11.8 Å². The summed E-state index contributed by atoms with van der Waals surface area (Å²) in [6.07, 6.45) is 6.97. The van der Waals surface area contributed by atoms with Crippen LogP contribution in [0.5, 0.6) is 0 Å². The van der Waals surface area contributed by atoms with Gasteiger partial charge >= 0.3 is 0 Å². The third kappa shape index (κ3) is 5.53. The lowest BCUT2D eigenvalue weighted by atomic mass is 10.1. The number of pyridine rings is 1. The van der Waals surface area contributed by atoms with Crippen molar-refractivity contribution < 1.29 is 9.59 Å². The molecule has 21 heavy (non-hydrogen) atoms. The molecule has 0 fully saturated rings. The number of unbranched alkanes of at least 4 members (excludes halogenated alkanes) is 2. The Kier molecular flexibility index (Phi) is 7.43. The monoisotopic (exact) mass is 291 g/mol. The van der Waals surface area contributed by atoms with Crippen molar-refractivity contribution in [3.8, 4) is 0 Å². The SMILES string of the molecule is CCCCNC(=O)c1cncc(C(=O)N(C)CCCC)c1. The maximum absolute atomic E-state index is 12.2. The largest absolute Gasteiger partial charge is 0.352 e. The summed E-state index contributed by atoms with van der Waals surface area (Å²) in [6, 6.07) is 1.61. The molecule has 0 aliphatic carbocycles. The van der Waals surface area contributed by atoms with Gasteiger partial charge in [0.25, 0.3) is 11.8 Å². The van der Waals surface area contributed by atoms with Crippen LogP contribution >= 0.6 is 0 Å². The highest BCUT2D eigenvalue weighted by molar-refractivity contribution is 5.99. The fourth-order valence-electron chi connectivity index (χ4n) is 1.88. The highest BCUT2D eigenvalue weighted by Crippen LogP contribution is 2.07. The van der Waals surface area contributed by atoms with Crippen LogP contribution in [0.15, 0.2) is 18.5 Å². The number of nitrogens with zero attached hydrogens (tertiary/aromatic N) is 2. The van der Waals surface area contributed by atoms with Crippen LogP contribution in [0.25, 0.3) is 0 Å². The van der Waals surface area contributed by atoms with Gasteiger partial charge in [0.1, 0.15) is 0 Å². The molecular weight excluding hydrogens is 266 g/mol. The lowest BCUT2D eigenvalue weighted by Crippen LogP contribution is -2.29. The molecule has 0 aromatic carbocycles. The molecule has 1 aromatic heterocycles. The molecule has 0 aliphatic heterocycles. The van der Waals surface area contributed by atoms with Crippen molar-refractivity contribution in [3.63, 3.8) is 0 Å². The molecule has 116 valence electrons. The standard InChI is InChI=1S/C16H25N3O2/c1-4-6-8-18-15(20)13-10-14(12-17-11-13)16(21)19(3)9-7-5-2/h10-12H,4-9H2,1-3H3,(H,18,20). The van der Waals surface area contributed by atoms with Crippen molar-refractivity contribution in [3.05, 3.63) is 29.6 Å². The van der Waals surface area contributed by atoms with Crippen molar-refractivity contribution in [2.75, 3.05) is 20.1 Å². The Hall–Kier alpha value is -1.91. The third-order valence-corrected chi connectivity index (χ3v) is 3.26. The van der Waals surface area contributed by atoms with Crippen molar-refractivity contribution in [2.45, 2.75) is 39.5 Å². The first kappa shape index (κ1) is 17.1. The van der Waals surface area contributed by atoms with E-state index in [0.717, 1.165) is 25.7 Å². The van der Waals surface area contributed by atoms with Gasteiger partial charge in [0.15, 0.2) is 0 Å². The highest BCUT2D eigenvalue weighted by Gasteiger charge is 2.14. The molecule has 0 bridgehead atoms. The van der Waals surface area contributed by atoms with E-state index in [1.807, 2.05) is 0 Å². The zero-order valence-corrected chi connectivity index (χ0v) is 13.2. The fourth-order valence-corrected chi connectivity index (χ4v) is 1.88. The molecule has 5 nitrogen and oxygen atoms in total. The summed E-state index contributed by atoms with van der Waals surface area (Å²) >= 11 is 0. The first-order chi connectivity index (χ1) is 10.1. The van der Waals surface area contributed by atoms with Crippen LogP contribution in [0.1, 0.15) is 60.2 Å². The predicted molar refractivity (Wildman–Crippen MR) is 83.3 cm³/mol. The Labute approximate surface area is 126 Å². The summed E-state index contributed by atoms with van der Waals surface area (Å²) in [5.41, 5.74) is 0.887. The van der Waals surface area contributed by atoms with E-state index in [4.69, 9.17) is 0 Å². The molecule has 5 heteroatoms. The summed E-state index contributed by atoms with van der Waals surface area (Å²) in [7, 11) is 1.77. The van der Waals surface area contributed by atoms with Crippen LogP contribution in [0.3, 0.4) is 0 Å². The number of aromatic nitrogens is 1. The molecule has 1 N–H and O–H groups in total. The fraction of sp³-hybridized carbons (Fsp3) is 0.562. The van der Waals surface area contributed by atoms with Crippen LogP contribution in [0.4, 0.5) is 0 Å². The zero-order valence-electron chi connectivity index (χ0n) is 13.2. The van der Waals surface area contributed by atoms with Crippen LogP contribution in [0, 0.1) is 0 Å². The molecule has 1 rings (SSSR count). The average Bonchev–Trinajstić information content (AvgIpc) is 2.52. The Morgan fingerprint density at radius 1 is 1.14 bits per heavy atom. The zero-order chi connectivity index (χ0) is 15.7. The average molecular weight is 291 g/mol. The smallest absolute Gasteiger partial charge is 0.255 e. The van der Waals surface area contributed by atoms with Gasteiger partial charge in [0.2, 0.25) is 0 Å². The van der Waals surface area contributed by atoms with Gasteiger partial charge in [-0.25, -0.2) is 0 Å². The molecule has 0 atom stereocenters. The third-order valence-electron chi connectivity index (χ3n) is 3.26. The summed E-state index contributed by atoms with van der Waals surface area (Å²) in [5, 5.41) is 2.83. The normalized spacial score (nSPS) is 10.2. The Bertz CT molecular complexity index is 474. The predicted octanol–water partition coefficient (Wildman–Crippen LogP) is 2.48. The second-order valence-corrected chi connectivity index (χ2v) is 5.15. The van der Waals surface area contributed by atoms with Crippen LogP contribution < -0.4 is 5.32 Å². The van der Waals surface area contributed by atoms with E-state index in [1.54, 1.807) is 18.0 Å². The molecule has 0 saturated carbocycles. The number of amides is 2. The first-order valence-electron chi connectivity index (χ1n) is 7.58. The van der Waals surface area contributed by atoms with Gasteiger partial charge < -0.3 is 10.2 Å². The second-order valence-electron chi connectivity index (χ2n) is 5.15. The lowest BCUT2D eigenvalue weighted by molar-refractivity contribution is 0.0793. The van der Waals surface area contributed by atoms with E-state index in [2.05, 4.69) is 24.1 Å². The number of hydrogen-bond acceptors (Lipinski definition) is 3. The number of hydrogen-bond donors (Lipinski definition) is 1. The van der Waals surface area contributed by atoms with Crippen molar-refractivity contribution in [2.24, 2.45) is 0 Å². The minimum atomic E-state index is -0.179. The van der Waals surface area contributed by atoms with Crippen LogP contribution in [-0.2, 0) is 0 Å².